The zero-order chi connectivity index (χ0) is 12.8. The maximum Gasteiger partial charge on any atom is 0.128 e. The van der Waals surface area contributed by atoms with Gasteiger partial charge in [-0.05, 0) is 26.0 Å². The summed E-state index contributed by atoms with van der Waals surface area (Å²) in [7, 11) is 3.13. The first kappa shape index (κ1) is 13.8. The van der Waals surface area contributed by atoms with Crippen molar-refractivity contribution in [3.05, 3.63) is 23.8 Å². The minimum atomic E-state index is -0.777. The SMILES string of the molecule is CCOC(C)C(O)c1c(OC)cccc1OC. The van der Waals surface area contributed by atoms with Crippen molar-refractivity contribution >= 4 is 0 Å². The van der Waals surface area contributed by atoms with E-state index in [4.69, 9.17) is 14.2 Å². The highest BCUT2D eigenvalue weighted by atomic mass is 16.5. The van der Waals surface area contributed by atoms with Crippen LogP contribution in [0.2, 0.25) is 0 Å². The standard InChI is InChI=1S/C13H20O4/c1-5-17-9(2)13(14)12-10(15-3)7-6-8-11(12)16-4/h6-9,13-14H,5H2,1-4H3. The molecule has 1 aromatic rings. The quantitative estimate of drug-likeness (QED) is 0.827. The Kier molecular flexibility index (Phi) is 5.25. The Balaban J connectivity index is 3.08. The minimum absolute atomic E-state index is 0.315. The molecule has 1 aromatic carbocycles. The summed E-state index contributed by atoms with van der Waals surface area (Å²) >= 11 is 0. The van der Waals surface area contributed by atoms with Crippen LogP contribution in [0.3, 0.4) is 0 Å². The largest absolute Gasteiger partial charge is 0.496 e. The van der Waals surface area contributed by atoms with Crippen molar-refractivity contribution in [2.75, 3.05) is 20.8 Å². The molecule has 0 saturated carbocycles. The van der Waals surface area contributed by atoms with Crippen LogP contribution in [-0.2, 0) is 4.74 Å². The highest BCUT2D eigenvalue weighted by Crippen LogP contribution is 2.36. The Hall–Kier alpha value is -1.26. The molecular formula is C13H20O4. The van der Waals surface area contributed by atoms with Crippen LogP contribution in [0, 0.1) is 0 Å². The van der Waals surface area contributed by atoms with E-state index in [1.54, 1.807) is 26.4 Å². The molecule has 0 aliphatic carbocycles. The monoisotopic (exact) mass is 240 g/mol. The maximum atomic E-state index is 10.3. The Morgan fingerprint density at radius 2 is 1.71 bits per heavy atom. The fraction of sp³-hybridized carbons (Fsp3) is 0.538. The number of benzene rings is 1. The Morgan fingerprint density at radius 3 is 2.12 bits per heavy atom. The maximum absolute atomic E-state index is 10.3. The van der Waals surface area contributed by atoms with Crippen LogP contribution in [0.15, 0.2) is 18.2 Å². The molecule has 0 radical (unpaired) electrons. The van der Waals surface area contributed by atoms with E-state index >= 15 is 0 Å². The number of aliphatic hydroxyl groups is 1. The second kappa shape index (κ2) is 6.47. The van der Waals surface area contributed by atoms with Gasteiger partial charge in [-0.25, -0.2) is 0 Å². The van der Waals surface area contributed by atoms with Gasteiger partial charge < -0.3 is 19.3 Å². The van der Waals surface area contributed by atoms with Gasteiger partial charge in [-0.2, -0.15) is 0 Å². The van der Waals surface area contributed by atoms with E-state index < -0.39 is 6.10 Å². The zero-order valence-corrected chi connectivity index (χ0v) is 10.8. The van der Waals surface area contributed by atoms with Gasteiger partial charge in [0.2, 0.25) is 0 Å². The number of hydrogen-bond donors (Lipinski definition) is 1. The van der Waals surface area contributed by atoms with Crippen LogP contribution in [-0.4, -0.2) is 32.0 Å². The van der Waals surface area contributed by atoms with Gasteiger partial charge in [0.25, 0.3) is 0 Å². The van der Waals surface area contributed by atoms with Crippen molar-refractivity contribution in [2.24, 2.45) is 0 Å². The molecule has 17 heavy (non-hydrogen) atoms. The van der Waals surface area contributed by atoms with E-state index in [1.165, 1.54) is 0 Å². The fourth-order valence-corrected chi connectivity index (χ4v) is 1.76. The lowest BCUT2D eigenvalue weighted by Gasteiger charge is -2.22. The fourth-order valence-electron chi connectivity index (χ4n) is 1.76. The molecule has 0 aliphatic heterocycles. The molecule has 4 heteroatoms. The average molecular weight is 240 g/mol. The van der Waals surface area contributed by atoms with Gasteiger partial charge in [0.15, 0.2) is 0 Å². The van der Waals surface area contributed by atoms with Gasteiger partial charge >= 0.3 is 0 Å². The molecule has 2 unspecified atom stereocenters. The van der Waals surface area contributed by atoms with Crippen molar-refractivity contribution in [2.45, 2.75) is 26.1 Å². The third-order valence-electron chi connectivity index (χ3n) is 2.64. The molecule has 0 amide bonds. The summed E-state index contributed by atoms with van der Waals surface area (Å²) in [5.41, 5.74) is 0.624. The molecular weight excluding hydrogens is 220 g/mol. The number of aliphatic hydroxyl groups excluding tert-OH is 1. The lowest BCUT2D eigenvalue weighted by atomic mass is 10.0. The molecule has 96 valence electrons. The van der Waals surface area contributed by atoms with Crippen LogP contribution in [0.4, 0.5) is 0 Å². The number of rotatable bonds is 6. The van der Waals surface area contributed by atoms with Gasteiger partial charge in [0.1, 0.15) is 17.6 Å². The Labute approximate surface area is 102 Å². The lowest BCUT2D eigenvalue weighted by molar-refractivity contribution is -0.0245. The predicted octanol–water partition coefficient (Wildman–Crippen LogP) is 2.16. The highest BCUT2D eigenvalue weighted by molar-refractivity contribution is 5.46. The first-order valence-corrected chi connectivity index (χ1v) is 5.66. The first-order chi connectivity index (χ1) is 8.15. The minimum Gasteiger partial charge on any atom is -0.496 e. The average Bonchev–Trinajstić information content (AvgIpc) is 2.37. The third-order valence-corrected chi connectivity index (χ3v) is 2.64. The zero-order valence-electron chi connectivity index (χ0n) is 10.8. The van der Waals surface area contributed by atoms with Crippen molar-refractivity contribution in [1.29, 1.82) is 0 Å². The van der Waals surface area contributed by atoms with Crippen molar-refractivity contribution < 1.29 is 19.3 Å². The van der Waals surface area contributed by atoms with E-state index in [1.807, 2.05) is 19.9 Å². The van der Waals surface area contributed by atoms with Crippen molar-refractivity contribution in [1.82, 2.24) is 0 Å². The second-order valence-electron chi connectivity index (χ2n) is 3.68. The number of methoxy groups -OCH3 is 2. The molecule has 0 bridgehead atoms. The molecule has 0 aliphatic rings. The van der Waals surface area contributed by atoms with Crippen LogP contribution in [0.1, 0.15) is 25.5 Å². The van der Waals surface area contributed by atoms with E-state index in [9.17, 15) is 5.11 Å². The number of ether oxygens (including phenoxy) is 3. The summed E-state index contributed by atoms with van der Waals surface area (Å²) in [6.45, 7) is 4.26. The topological polar surface area (TPSA) is 47.9 Å². The first-order valence-electron chi connectivity index (χ1n) is 5.66. The summed E-state index contributed by atoms with van der Waals surface area (Å²) in [5.74, 6) is 1.20. The van der Waals surface area contributed by atoms with Crippen LogP contribution in [0.25, 0.3) is 0 Å². The van der Waals surface area contributed by atoms with Gasteiger partial charge in [0.05, 0.1) is 25.9 Å². The molecule has 4 nitrogen and oxygen atoms in total. The van der Waals surface area contributed by atoms with E-state index in [2.05, 4.69) is 0 Å². The van der Waals surface area contributed by atoms with E-state index in [-0.39, 0.29) is 6.10 Å². The summed E-state index contributed by atoms with van der Waals surface area (Å²) in [5, 5.41) is 10.3. The molecule has 0 heterocycles. The summed E-state index contributed by atoms with van der Waals surface area (Å²) in [4.78, 5) is 0. The van der Waals surface area contributed by atoms with Gasteiger partial charge in [-0.3, -0.25) is 0 Å². The molecule has 0 fully saturated rings. The summed E-state index contributed by atoms with van der Waals surface area (Å²) < 4.78 is 15.9. The molecule has 1 N–H and O–H groups in total. The Morgan fingerprint density at radius 1 is 1.18 bits per heavy atom. The van der Waals surface area contributed by atoms with Gasteiger partial charge in [-0.15, -0.1) is 0 Å². The lowest BCUT2D eigenvalue weighted by Crippen LogP contribution is -2.20. The predicted molar refractivity (Wildman–Crippen MR) is 65.6 cm³/mol. The van der Waals surface area contributed by atoms with Gasteiger partial charge in [0, 0.05) is 6.61 Å². The Bertz CT molecular complexity index is 329. The van der Waals surface area contributed by atoms with Crippen molar-refractivity contribution in [3.63, 3.8) is 0 Å². The van der Waals surface area contributed by atoms with Crippen LogP contribution < -0.4 is 9.47 Å². The number of hydrogen-bond acceptors (Lipinski definition) is 4. The summed E-state index contributed by atoms with van der Waals surface area (Å²) in [6, 6.07) is 5.40. The normalized spacial score (nSPS) is 14.2. The van der Waals surface area contributed by atoms with Crippen LogP contribution in [0.5, 0.6) is 11.5 Å². The molecule has 1 rings (SSSR count). The second-order valence-corrected chi connectivity index (χ2v) is 3.68. The van der Waals surface area contributed by atoms with Gasteiger partial charge in [-0.1, -0.05) is 6.07 Å². The third kappa shape index (κ3) is 3.11. The van der Waals surface area contributed by atoms with Crippen LogP contribution >= 0.6 is 0 Å². The highest BCUT2D eigenvalue weighted by Gasteiger charge is 2.24. The molecule has 0 spiro atoms. The molecule has 0 saturated heterocycles. The summed E-state index contributed by atoms with van der Waals surface area (Å²) in [6.07, 6.45) is -1.09. The molecule has 0 aromatic heterocycles. The smallest absolute Gasteiger partial charge is 0.128 e. The van der Waals surface area contributed by atoms with Crippen molar-refractivity contribution in [3.8, 4) is 11.5 Å². The molecule has 2 atom stereocenters. The van der Waals surface area contributed by atoms with E-state index in [0.717, 1.165) is 0 Å². The van der Waals surface area contributed by atoms with E-state index in [0.29, 0.717) is 23.7 Å².